The maximum absolute atomic E-state index is 12.2. The second-order valence-corrected chi connectivity index (χ2v) is 7.24. The van der Waals surface area contributed by atoms with Gasteiger partial charge in [0, 0.05) is 10.2 Å². The van der Waals surface area contributed by atoms with Crippen molar-refractivity contribution in [3.63, 3.8) is 0 Å². The molecule has 0 heterocycles. The molecule has 1 saturated carbocycles. The first-order chi connectivity index (χ1) is 9.38. The van der Waals surface area contributed by atoms with E-state index < -0.39 is 0 Å². The molecule has 0 atom stereocenters. The van der Waals surface area contributed by atoms with Gasteiger partial charge in [0.25, 0.3) is 5.91 Å². The molecule has 3 nitrogen and oxygen atoms in total. The summed E-state index contributed by atoms with van der Waals surface area (Å²) in [6.07, 6.45) is 5.10. The number of benzene rings is 1. The molecule has 1 amide bonds. The topological polar surface area (TPSA) is 29.1 Å². The van der Waals surface area contributed by atoms with E-state index in [1.54, 1.807) is 0 Å². The van der Waals surface area contributed by atoms with E-state index in [2.05, 4.69) is 35.3 Å². The summed E-state index contributed by atoms with van der Waals surface area (Å²) in [5, 5.41) is 3.00. The van der Waals surface area contributed by atoms with Crippen molar-refractivity contribution in [1.29, 1.82) is 0 Å². The minimum Gasteiger partial charge on any atom is -0.321 e. The smallest absolute Gasteiger partial charge is 0.279 e. The quantitative estimate of drug-likeness (QED) is 0.832. The van der Waals surface area contributed by atoms with E-state index in [4.69, 9.17) is 0 Å². The summed E-state index contributed by atoms with van der Waals surface area (Å²) in [6, 6.07) is 6.55. The zero-order valence-corrected chi connectivity index (χ0v) is 14.2. The Morgan fingerprint density at radius 2 is 2.00 bits per heavy atom. The van der Waals surface area contributed by atoms with E-state index in [0.717, 1.165) is 14.6 Å². The predicted molar refractivity (Wildman–Crippen MR) is 86.7 cm³/mol. The third-order valence-corrected chi connectivity index (χ3v) is 5.17. The highest BCUT2D eigenvalue weighted by Crippen LogP contribution is 2.26. The minimum atomic E-state index is 0.0950. The molecule has 0 unspecified atom stereocenters. The van der Waals surface area contributed by atoms with Gasteiger partial charge in [-0.1, -0.05) is 22.0 Å². The van der Waals surface area contributed by atoms with Crippen molar-refractivity contribution in [2.45, 2.75) is 38.6 Å². The van der Waals surface area contributed by atoms with Crippen LogP contribution >= 0.6 is 15.9 Å². The molecule has 0 aromatic heterocycles. The number of halogens is 1. The average Bonchev–Trinajstić information content (AvgIpc) is 2.87. The highest BCUT2D eigenvalue weighted by molar-refractivity contribution is 9.10. The van der Waals surface area contributed by atoms with Gasteiger partial charge >= 0.3 is 0 Å². The zero-order chi connectivity index (χ0) is 14.8. The van der Waals surface area contributed by atoms with Gasteiger partial charge in [-0.3, -0.25) is 4.79 Å². The Balaban J connectivity index is 1.96. The first-order valence-corrected chi connectivity index (χ1v) is 8.06. The number of hydrogen-bond acceptors (Lipinski definition) is 1. The van der Waals surface area contributed by atoms with Crippen LogP contribution in [0, 0.1) is 6.92 Å². The lowest BCUT2D eigenvalue weighted by atomic mass is 10.2. The summed E-state index contributed by atoms with van der Waals surface area (Å²) < 4.78 is 1.82. The molecule has 0 radical (unpaired) electrons. The lowest BCUT2D eigenvalue weighted by Crippen LogP contribution is -2.51. The van der Waals surface area contributed by atoms with Crippen LogP contribution in [0.4, 0.5) is 5.69 Å². The van der Waals surface area contributed by atoms with Crippen LogP contribution in [0.3, 0.4) is 0 Å². The lowest BCUT2D eigenvalue weighted by molar-refractivity contribution is -0.906. The summed E-state index contributed by atoms with van der Waals surface area (Å²) in [4.78, 5) is 12.2. The number of hydrogen-bond donors (Lipinski definition) is 1. The Kier molecular flexibility index (Phi) is 4.86. The summed E-state index contributed by atoms with van der Waals surface area (Å²) in [7, 11) is 4.33. The van der Waals surface area contributed by atoms with Crippen LogP contribution in [-0.4, -0.2) is 37.1 Å². The Morgan fingerprint density at radius 3 is 2.60 bits per heavy atom. The maximum Gasteiger partial charge on any atom is 0.279 e. The number of nitrogens with one attached hydrogen (secondary N) is 1. The van der Waals surface area contributed by atoms with Crippen molar-refractivity contribution in [2.75, 3.05) is 26.0 Å². The van der Waals surface area contributed by atoms with Crippen molar-refractivity contribution in [1.82, 2.24) is 0 Å². The molecular formula is C16H24BrN2O+. The van der Waals surface area contributed by atoms with Crippen molar-refractivity contribution < 1.29 is 9.28 Å². The molecule has 2 rings (SSSR count). The van der Waals surface area contributed by atoms with Gasteiger partial charge < -0.3 is 9.80 Å². The number of rotatable bonds is 4. The van der Waals surface area contributed by atoms with E-state index >= 15 is 0 Å². The van der Waals surface area contributed by atoms with Gasteiger partial charge in [-0.25, -0.2) is 0 Å². The molecule has 0 bridgehead atoms. The Labute approximate surface area is 130 Å². The molecule has 1 fully saturated rings. The van der Waals surface area contributed by atoms with E-state index in [0.29, 0.717) is 12.6 Å². The van der Waals surface area contributed by atoms with Crippen LogP contribution in [0.5, 0.6) is 0 Å². The zero-order valence-electron chi connectivity index (χ0n) is 12.6. The Bertz CT molecular complexity index is 493. The van der Waals surface area contributed by atoms with Crippen molar-refractivity contribution >= 4 is 27.5 Å². The number of amides is 1. The molecule has 0 spiro atoms. The van der Waals surface area contributed by atoms with Gasteiger partial charge in [0.2, 0.25) is 0 Å². The number of nitrogens with zero attached hydrogens (tertiary/aromatic N) is 1. The third-order valence-electron chi connectivity index (χ3n) is 4.32. The summed E-state index contributed by atoms with van der Waals surface area (Å²) >= 11 is 3.50. The molecule has 0 saturated heterocycles. The van der Waals surface area contributed by atoms with Crippen LogP contribution in [0.15, 0.2) is 22.7 Å². The molecule has 20 heavy (non-hydrogen) atoms. The van der Waals surface area contributed by atoms with E-state index in [-0.39, 0.29) is 5.91 Å². The van der Waals surface area contributed by atoms with Crippen molar-refractivity contribution in [3.05, 3.63) is 28.2 Å². The molecule has 4 heteroatoms. The normalized spacial score (nSPS) is 16.4. The second kappa shape index (κ2) is 6.27. The fourth-order valence-electron chi connectivity index (χ4n) is 2.97. The summed E-state index contributed by atoms with van der Waals surface area (Å²) in [5.74, 6) is 0.0950. The molecule has 1 aliphatic rings. The predicted octanol–water partition coefficient (Wildman–Crippen LogP) is 3.72. The molecule has 1 aliphatic carbocycles. The molecule has 0 aliphatic heterocycles. The molecule has 1 aromatic rings. The fraction of sp³-hybridized carbons (Fsp3) is 0.562. The van der Waals surface area contributed by atoms with Crippen LogP contribution in [0.2, 0.25) is 0 Å². The number of carbonyl (C=O) groups excluding carboxylic acids is 1. The largest absolute Gasteiger partial charge is 0.321 e. The van der Waals surface area contributed by atoms with E-state index in [1.165, 1.54) is 31.2 Å². The fourth-order valence-corrected chi connectivity index (χ4v) is 3.35. The van der Waals surface area contributed by atoms with Gasteiger partial charge in [-0.05, 0) is 50.3 Å². The van der Waals surface area contributed by atoms with Crippen LogP contribution in [0.1, 0.15) is 31.2 Å². The van der Waals surface area contributed by atoms with Gasteiger partial charge in [-0.15, -0.1) is 0 Å². The highest BCUT2D eigenvalue weighted by atomic mass is 79.9. The summed E-state index contributed by atoms with van der Waals surface area (Å²) in [6.45, 7) is 2.58. The van der Waals surface area contributed by atoms with Crippen LogP contribution < -0.4 is 5.32 Å². The number of quaternary nitrogens is 1. The van der Waals surface area contributed by atoms with Crippen LogP contribution in [0.25, 0.3) is 0 Å². The first kappa shape index (κ1) is 15.5. The van der Waals surface area contributed by atoms with Gasteiger partial charge in [0.15, 0.2) is 6.54 Å². The maximum atomic E-state index is 12.2. The number of likely N-dealkylation sites (N-methyl/N-ethyl adjacent to an activating group) is 1. The Hall–Kier alpha value is -0.870. The van der Waals surface area contributed by atoms with Gasteiger partial charge in [0.05, 0.1) is 20.1 Å². The standard InChI is InChI=1S/C16H23BrN2O/c1-12-8-9-13(10-15(12)17)18-16(20)11-19(2,3)14-6-4-5-7-14/h8-10,14H,4-7,11H2,1-3H3/p+1. The summed E-state index contributed by atoms with van der Waals surface area (Å²) in [5.41, 5.74) is 2.03. The number of aryl methyl sites for hydroxylation is 1. The third kappa shape index (κ3) is 3.83. The SMILES string of the molecule is Cc1ccc(NC(=O)C[N+](C)(C)C2CCCC2)cc1Br. The monoisotopic (exact) mass is 339 g/mol. The molecule has 1 N–H and O–H groups in total. The highest BCUT2D eigenvalue weighted by Gasteiger charge is 2.32. The van der Waals surface area contributed by atoms with E-state index in [1.807, 2.05) is 25.1 Å². The second-order valence-electron chi connectivity index (χ2n) is 6.39. The van der Waals surface area contributed by atoms with E-state index in [9.17, 15) is 4.79 Å². The Morgan fingerprint density at radius 1 is 1.35 bits per heavy atom. The number of anilines is 1. The van der Waals surface area contributed by atoms with Crippen molar-refractivity contribution in [3.8, 4) is 0 Å². The molecular weight excluding hydrogens is 316 g/mol. The number of carbonyl (C=O) groups is 1. The average molecular weight is 340 g/mol. The molecule has 110 valence electrons. The first-order valence-electron chi connectivity index (χ1n) is 7.27. The van der Waals surface area contributed by atoms with Crippen LogP contribution in [-0.2, 0) is 4.79 Å². The van der Waals surface area contributed by atoms with Gasteiger partial charge in [-0.2, -0.15) is 0 Å². The van der Waals surface area contributed by atoms with Gasteiger partial charge in [0.1, 0.15) is 0 Å². The molecule has 1 aromatic carbocycles. The van der Waals surface area contributed by atoms with Crippen molar-refractivity contribution in [2.24, 2.45) is 0 Å². The lowest BCUT2D eigenvalue weighted by Gasteiger charge is -2.35. The minimum absolute atomic E-state index is 0.0950.